The molecule has 0 spiro atoms. The Kier molecular flexibility index (Phi) is 4.15. The third kappa shape index (κ3) is 3.56. The lowest BCUT2D eigenvalue weighted by Gasteiger charge is -2.23. The molecule has 0 aliphatic heterocycles. The standard InChI is InChI=1S/C13H22N2/c1-11-6-7-13(12(2)10-11)15(5)9-8-14(3)4/h6-7,10H,8-9H2,1-5H3. The van der Waals surface area contributed by atoms with E-state index in [2.05, 4.69) is 63.0 Å². The van der Waals surface area contributed by atoms with Crippen LogP contribution in [-0.2, 0) is 0 Å². The van der Waals surface area contributed by atoms with Gasteiger partial charge in [-0.15, -0.1) is 0 Å². The normalized spacial score (nSPS) is 10.8. The summed E-state index contributed by atoms with van der Waals surface area (Å²) in [6.07, 6.45) is 0. The molecule has 1 aromatic rings. The predicted molar refractivity (Wildman–Crippen MR) is 67.7 cm³/mol. The van der Waals surface area contributed by atoms with Gasteiger partial charge in [-0.05, 0) is 39.6 Å². The van der Waals surface area contributed by atoms with Gasteiger partial charge in [0.2, 0.25) is 0 Å². The lowest BCUT2D eigenvalue weighted by Crippen LogP contribution is -2.28. The molecular formula is C13H22N2. The Bertz CT molecular complexity index is 318. The zero-order valence-corrected chi connectivity index (χ0v) is 10.5. The maximum Gasteiger partial charge on any atom is 0.0393 e. The first-order valence-corrected chi connectivity index (χ1v) is 5.44. The number of anilines is 1. The zero-order valence-electron chi connectivity index (χ0n) is 10.5. The van der Waals surface area contributed by atoms with Crippen LogP contribution in [0.3, 0.4) is 0 Å². The second kappa shape index (κ2) is 5.17. The van der Waals surface area contributed by atoms with E-state index in [1.807, 2.05) is 0 Å². The third-order valence-electron chi connectivity index (χ3n) is 2.65. The van der Waals surface area contributed by atoms with E-state index in [9.17, 15) is 0 Å². The van der Waals surface area contributed by atoms with Gasteiger partial charge in [-0.1, -0.05) is 17.7 Å². The first-order chi connectivity index (χ1) is 7.00. The van der Waals surface area contributed by atoms with Gasteiger partial charge in [0.25, 0.3) is 0 Å². The van der Waals surface area contributed by atoms with Gasteiger partial charge in [-0.2, -0.15) is 0 Å². The number of likely N-dealkylation sites (N-methyl/N-ethyl adjacent to an activating group) is 2. The predicted octanol–water partition coefficient (Wildman–Crippen LogP) is 2.30. The van der Waals surface area contributed by atoms with Crippen LogP contribution < -0.4 is 4.90 Å². The lowest BCUT2D eigenvalue weighted by atomic mass is 10.1. The van der Waals surface area contributed by atoms with Crippen LogP contribution in [0.5, 0.6) is 0 Å². The average molecular weight is 206 g/mol. The maximum atomic E-state index is 2.31. The summed E-state index contributed by atoms with van der Waals surface area (Å²) < 4.78 is 0. The molecule has 2 heteroatoms. The molecule has 1 rings (SSSR count). The first-order valence-electron chi connectivity index (χ1n) is 5.44. The molecule has 0 aromatic heterocycles. The molecule has 0 saturated carbocycles. The fraction of sp³-hybridized carbons (Fsp3) is 0.538. The molecule has 0 amide bonds. The van der Waals surface area contributed by atoms with Crippen molar-refractivity contribution in [3.05, 3.63) is 29.3 Å². The molecule has 84 valence electrons. The number of benzene rings is 1. The topological polar surface area (TPSA) is 6.48 Å². The van der Waals surface area contributed by atoms with Crippen LogP contribution in [0.25, 0.3) is 0 Å². The highest BCUT2D eigenvalue weighted by Gasteiger charge is 2.04. The first kappa shape index (κ1) is 12.1. The second-order valence-corrected chi connectivity index (χ2v) is 4.51. The summed E-state index contributed by atoms with van der Waals surface area (Å²) in [6, 6.07) is 6.62. The van der Waals surface area contributed by atoms with Crippen molar-refractivity contribution in [1.29, 1.82) is 0 Å². The van der Waals surface area contributed by atoms with Gasteiger partial charge in [-0.25, -0.2) is 0 Å². The van der Waals surface area contributed by atoms with Crippen LogP contribution in [0.15, 0.2) is 18.2 Å². The van der Waals surface area contributed by atoms with Crippen LogP contribution >= 0.6 is 0 Å². The summed E-state index contributed by atoms with van der Waals surface area (Å²) in [6.45, 7) is 6.46. The Morgan fingerprint density at radius 1 is 1.00 bits per heavy atom. The van der Waals surface area contributed by atoms with E-state index in [4.69, 9.17) is 0 Å². The van der Waals surface area contributed by atoms with Crippen molar-refractivity contribution in [2.75, 3.05) is 39.1 Å². The molecule has 15 heavy (non-hydrogen) atoms. The van der Waals surface area contributed by atoms with Crippen LogP contribution in [0.4, 0.5) is 5.69 Å². The summed E-state index contributed by atoms with van der Waals surface area (Å²) in [5, 5.41) is 0. The highest BCUT2D eigenvalue weighted by atomic mass is 15.2. The molecule has 0 unspecified atom stereocenters. The molecule has 0 radical (unpaired) electrons. The van der Waals surface area contributed by atoms with E-state index in [0.717, 1.165) is 13.1 Å². The Morgan fingerprint density at radius 2 is 1.67 bits per heavy atom. The summed E-state index contributed by atoms with van der Waals surface area (Å²) >= 11 is 0. The molecule has 2 nitrogen and oxygen atoms in total. The Hall–Kier alpha value is -1.02. The third-order valence-corrected chi connectivity index (χ3v) is 2.65. The Morgan fingerprint density at radius 3 is 2.20 bits per heavy atom. The van der Waals surface area contributed by atoms with E-state index in [1.54, 1.807) is 0 Å². The Labute approximate surface area is 93.5 Å². The van der Waals surface area contributed by atoms with Crippen LogP contribution in [-0.4, -0.2) is 39.1 Å². The summed E-state index contributed by atoms with van der Waals surface area (Å²) in [5.74, 6) is 0. The van der Waals surface area contributed by atoms with Crippen LogP contribution in [0, 0.1) is 13.8 Å². The van der Waals surface area contributed by atoms with Crippen molar-refractivity contribution < 1.29 is 0 Å². The van der Waals surface area contributed by atoms with E-state index in [0.29, 0.717) is 0 Å². The van der Waals surface area contributed by atoms with E-state index >= 15 is 0 Å². The molecule has 0 heterocycles. The number of rotatable bonds is 4. The maximum absolute atomic E-state index is 2.31. The average Bonchev–Trinajstić information content (AvgIpc) is 2.14. The lowest BCUT2D eigenvalue weighted by molar-refractivity contribution is 0.416. The molecule has 0 bridgehead atoms. The zero-order chi connectivity index (χ0) is 11.4. The van der Waals surface area contributed by atoms with Gasteiger partial charge in [0.15, 0.2) is 0 Å². The van der Waals surface area contributed by atoms with E-state index in [-0.39, 0.29) is 0 Å². The van der Waals surface area contributed by atoms with Gasteiger partial charge in [-0.3, -0.25) is 0 Å². The molecule has 0 saturated heterocycles. The summed E-state index contributed by atoms with van der Waals surface area (Å²) in [4.78, 5) is 4.52. The van der Waals surface area contributed by atoms with Gasteiger partial charge in [0, 0.05) is 25.8 Å². The van der Waals surface area contributed by atoms with Crippen molar-refractivity contribution in [3.63, 3.8) is 0 Å². The van der Waals surface area contributed by atoms with Crippen molar-refractivity contribution in [2.24, 2.45) is 0 Å². The molecule has 0 N–H and O–H groups in total. The molecule has 0 aliphatic carbocycles. The smallest absolute Gasteiger partial charge is 0.0393 e. The van der Waals surface area contributed by atoms with Crippen molar-refractivity contribution in [3.8, 4) is 0 Å². The summed E-state index contributed by atoms with van der Waals surface area (Å²) in [7, 11) is 6.37. The van der Waals surface area contributed by atoms with E-state index in [1.165, 1.54) is 16.8 Å². The van der Waals surface area contributed by atoms with Gasteiger partial charge >= 0.3 is 0 Å². The molecule has 0 aliphatic rings. The van der Waals surface area contributed by atoms with E-state index < -0.39 is 0 Å². The monoisotopic (exact) mass is 206 g/mol. The largest absolute Gasteiger partial charge is 0.373 e. The second-order valence-electron chi connectivity index (χ2n) is 4.51. The van der Waals surface area contributed by atoms with Crippen molar-refractivity contribution in [2.45, 2.75) is 13.8 Å². The van der Waals surface area contributed by atoms with Crippen LogP contribution in [0.1, 0.15) is 11.1 Å². The fourth-order valence-corrected chi connectivity index (χ4v) is 1.70. The number of aryl methyl sites for hydroxylation is 2. The Balaban J connectivity index is 2.69. The minimum Gasteiger partial charge on any atom is -0.373 e. The fourth-order valence-electron chi connectivity index (χ4n) is 1.70. The minimum absolute atomic E-state index is 1.07. The van der Waals surface area contributed by atoms with Crippen molar-refractivity contribution >= 4 is 5.69 Å². The van der Waals surface area contributed by atoms with Gasteiger partial charge in [0.1, 0.15) is 0 Å². The van der Waals surface area contributed by atoms with Gasteiger partial charge in [0.05, 0.1) is 0 Å². The number of hydrogen-bond donors (Lipinski definition) is 0. The molecule has 0 fully saturated rings. The number of hydrogen-bond acceptors (Lipinski definition) is 2. The van der Waals surface area contributed by atoms with Crippen molar-refractivity contribution in [1.82, 2.24) is 4.90 Å². The SMILES string of the molecule is Cc1ccc(N(C)CCN(C)C)c(C)c1. The highest BCUT2D eigenvalue weighted by molar-refractivity contribution is 5.53. The van der Waals surface area contributed by atoms with Crippen LogP contribution in [0.2, 0.25) is 0 Å². The molecular weight excluding hydrogens is 184 g/mol. The minimum atomic E-state index is 1.07. The highest BCUT2D eigenvalue weighted by Crippen LogP contribution is 2.19. The molecule has 0 atom stereocenters. The quantitative estimate of drug-likeness (QED) is 0.746. The van der Waals surface area contributed by atoms with Gasteiger partial charge < -0.3 is 9.80 Å². The number of nitrogens with zero attached hydrogens (tertiary/aromatic N) is 2. The molecule has 1 aromatic carbocycles. The summed E-state index contributed by atoms with van der Waals surface area (Å²) in [5.41, 5.74) is 4.02.